The second kappa shape index (κ2) is 7.34. The van der Waals surface area contributed by atoms with Crippen molar-refractivity contribution in [1.82, 2.24) is 15.3 Å². The molecule has 2 atom stereocenters. The van der Waals surface area contributed by atoms with Gasteiger partial charge in [0.1, 0.15) is 11.6 Å². The van der Waals surface area contributed by atoms with Gasteiger partial charge in [-0.05, 0) is 17.9 Å². The number of benzene rings is 1. The number of amides is 1. The number of aromatic nitrogens is 2. The zero-order valence-corrected chi connectivity index (χ0v) is 13.7. The summed E-state index contributed by atoms with van der Waals surface area (Å²) in [6.45, 7) is 2.22. The van der Waals surface area contributed by atoms with Crippen LogP contribution in [0.2, 0.25) is 0 Å². The summed E-state index contributed by atoms with van der Waals surface area (Å²) in [7, 11) is 0. The van der Waals surface area contributed by atoms with E-state index in [2.05, 4.69) is 15.3 Å². The third kappa shape index (κ3) is 3.85. The standard InChI is InChI=1S/C19H21N3O2/c1-13-15(7-8-17(13)23)9-19(24)22-12-18-20-10-16(11-21-18)14-5-3-2-4-6-14/h2-6,10-11,13,15H,7-9,12H2,1H3,(H,22,24)/t13-,15-/m1/s1. The first-order chi connectivity index (χ1) is 11.6. The number of Topliss-reactive ketones (excluding diaryl/α,β-unsaturated/α-hetero) is 1. The van der Waals surface area contributed by atoms with Gasteiger partial charge < -0.3 is 5.32 Å². The molecule has 0 unspecified atom stereocenters. The van der Waals surface area contributed by atoms with E-state index in [0.29, 0.717) is 25.2 Å². The lowest BCUT2D eigenvalue weighted by Gasteiger charge is -2.13. The van der Waals surface area contributed by atoms with Crippen LogP contribution in [0.5, 0.6) is 0 Å². The summed E-state index contributed by atoms with van der Waals surface area (Å²) < 4.78 is 0. The maximum Gasteiger partial charge on any atom is 0.220 e. The average molecular weight is 323 g/mol. The van der Waals surface area contributed by atoms with Crippen molar-refractivity contribution in [1.29, 1.82) is 0 Å². The molecule has 1 aromatic heterocycles. The van der Waals surface area contributed by atoms with Crippen molar-refractivity contribution in [2.75, 3.05) is 0 Å². The van der Waals surface area contributed by atoms with Gasteiger partial charge in [-0.15, -0.1) is 0 Å². The van der Waals surface area contributed by atoms with Crippen LogP contribution in [0.1, 0.15) is 32.0 Å². The van der Waals surface area contributed by atoms with Crippen LogP contribution in [0.25, 0.3) is 11.1 Å². The molecule has 5 nitrogen and oxygen atoms in total. The molecule has 1 saturated carbocycles. The van der Waals surface area contributed by atoms with E-state index < -0.39 is 0 Å². The predicted molar refractivity (Wildman–Crippen MR) is 90.8 cm³/mol. The summed E-state index contributed by atoms with van der Waals surface area (Å²) in [5, 5.41) is 2.85. The molecule has 0 saturated heterocycles. The van der Waals surface area contributed by atoms with Crippen LogP contribution in [-0.2, 0) is 16.1 Å². The molecule has 124 valence electrons. The van der Waals surface area contributed by atoms with Gasteiger partial charge in [-0.2, -0.15) is 0 Å². The molecular formula is C19H21N3O2. The summed E-state index contributed by atoms with van der Waals surface area (Å²) in [5.74, 6) is 0.972. The highest BCUT2D eigenvalue weighted by molar-refractivity contribution is 5.84. The second-order valence-corrected chi connectivity index (χ2v) is 6.29. The number of ketones is 1. The first-order valence-electron chi connectivity index (χ1n) is 8.29. The van der Waals surface area contributed by atoms with Crippen LogP contribution in [-0.4, -0.2) is 21.7 Å². The molecule has 0 radical (unpaired) electrons. The molecule has 1 fully saturated rings. The van der Waals surface area contributed by atoms with Crippen molar-refractivity contribution in [3.8, 4) is 11.1 Å². The Morgan fingerprint density at radius 2 is 1.88 bits per heavy atom. The largest absolute Gasteiger partial charge is 0.349 e. The Labute approximate surface area is 141 Å². The van der Waals surface area contributed by atoms with Gasteiger partial charge in [0.05, 0.1) is 6.54 Å². The minimum Gasteiger partial charge on any atom is -0.349 e. The summed E-state index contributed by atoms with van der Waals surface area (Å²) in [4.78, 5) is 32.2. The van der Waals surface area contributed by atoms with Gasteiger partial charge in [-0.1, -0.05) is 37.3 Å². The fourth-order valence-electron chi connectivity index (χ4n) is 3.06. The Kier molecular flexibility index (Phi) is 4.99. The lowest BCUT2D eigenvalue weighted by atomic mass is 9.94. The van der Waals surface area contributed by atoms with Gasteiger partial charge in [0.15, 0.2) is 0 Å². The number of carbonyl (C=O) groups is 2. The van der Waals surface area contributed by atoms with E-state index in [4.69, 9.17) is 0 Å². The van der Waals surface area contributed by atoms with Gasteiger partial charge >= 0.3 is 0 Å². The fourth-order valence-corrected chi connectivity index (χ4v) is 3.06. The number of carbonyl (C=O) groups excluding carboxylic acids is 2. The van der Waals surface area contributed by atoms with Crippen LogP contribution in [0.15, 0.2) is 42.7 Å². The van der Waals surface area contributed by atoms with Crippen molar-refractivity contribution in [2.24, 2.45) is 11.8 Å². The molecule has 0 bridgehead atoms. The van der Waals surface area contributed by atoms with Crippen LogP contribution >= 0.6 is 0 Å². The van der Waals surface area contributed by atoms with Gasteiger partial charge in [0, 0.05) is 36.7 Å². The first kappa shape index (κ1) is 16.3. The van der Waals surface area contributed by atoms with Gasteiger partial charge in [0.2, 0.25) is 5.91 Å². The van der Waals surface area contributed by atoms with Gasteiger partial charge in [-0.3, -0.25) is 9.59 Å². The molecule has 1 heterocycles. The van der Waals surface area contributed by atoms with Crippen LogP contribution in [0, 0.1) is 11.8 Å². The Morgan fingerprint density at radius 3 is 2.50 bits per heavy atom. The molecule has 5 heteroatoms. The maximum absolute atomic E-state index is 12.0. The number of nitrogens with one attached hydrogen (secondary N) is 1. The Bertz CT molecular complexity index is 713. The molecule has 1 aromatic carbocycles. The molecule has 1 N–H and O–H groups in total. The quantitative estimate of drug-likeness (QED) is 0.918. The Balaban J connectivity index is 1.51. The van der Waals surface area contributed by atoms with E-state index in [9.17, 15) is 9.59 Å². The second-order valence-electron chi connectivity index (χ2n) is 6.29. The first-order valence-corrected chi connectivity index (χ1v) is 8.29. The fraction of sp³-hybridized carbons (Fsp3) is 0.368. The molecule has 0 aliphatic heterocycles. The lowest BCUT2D eigenvalue weighted by molar-refractivity contribution is -0.123. The summed E-state index contributed by atoms with van der Waals surface area (Å²) in [6.07, 6.45) is 5.34. The third-order valence-corrected chi connectivity index (χ3v) is 4.68. The Hall–Kier alpha value is -2.56. The number of rotatable bonds is 5. The molecule has 3 rings (SSSR count). The highest BCUT2D eigenvalue weighted by atomic mass is 16.1. The molecule has 0 spiro atoms. The van der Waals surface area contributed by atoms with E-state index in [1.54, 1.807) is 12.4 Å². The molecule has 2 aromatic rings. The van der Waals surface area contributed by atoms with Crippen LogP contribution < -0.4 is 5.32 Å². The molecule has 24 heavy (non-hydrogen) atoms. The van der Waals surface area contributed by atoms with Crippen molar-refractivity contribution >= 4 is 11.7 Å². The summed E-state index contributed by atoms with van der Waals surface area (Å²) in [5.41, 5.74) is 2.01. The highest BCUT2D eigenvalue weighted by Gasteiger charge is 2.32. The number of hydrogen-bond acceptors (Lipinski definition) is 4. The zero-order chi connectivity index (χ0) is 16.9. The minimum atomic E-state index is -0.0442. The van der Waals surface area contributed by atoms with Crippen molar-refractivity contribution in [3.05, 3.63) is 48.5 Å². The maximum atomic E-state index is 12.0. The highest BCUT2D eigenvalue weighted by Crippen LogP contribution is 2.30. The lowest BCUT2D eigenvalue weighted by Crippen LogP contribution is -2.27. The predicted octanol–water partition coefficient (Wildman–Crippen LogP) is 2.77. The normalized spacial score (nSPS) is 20.1. The molecular weight excluding hydrogens is 302 g/mol. The van der Waals surface area contributed by atoms with Crippen LogP contribution in [0.4, 0.5) is 0 Å². The smallest absolute Gasteiger partial charge is 0.220 e. The number of nitrogens with zero attached hydrogens (tertiary/aromatic N) is 2. The minimum absolute atomic E-state index is 0.00263. The summed E-state index contributed by atoms with van der Waals surface area (Å²) in [6, 6.07) is 9.91. The topological polar surface area (TPSA) is 72.0 Å². The van der Waals surface area contributed by atoms with Crippen molar-refractivity contribution in [2.45, 2.75) is 32.7 Å². The monoisotopic (exact) mass is 323 g/mol. The van der Waals surface area contributed by atoms with Crippen molar-refractivity contribution < 1.29 is 9.59 Å². The summed E-state index contributed by atoms with van der Waals surface area (Å²) >= 11 is 0. The SMILES string of the molecule is C[C@H]1C(=O)CC[C@@H]1CC(=O)NCc1ncc(-c2ccccc2)cn1. The molecule has 1 amide bonds. The van der Waals surface area contributed by atoms with E-state index in [1.165, 1.54) is 0 Å². The van der Waals surface area contributed by atoms with E-state index >= 15 is 0 Å². The van der Waals surface area contributed by atoms with E-state index in [0.717, 1.165) is 17.5 Å². The molecule has 1 aliphatic carbocycles. The van der Waals surface area contributed by atoms with E-state index in [1.807, 2.05) is 37.3 Å². The van der Waals surface area contributed by atoms with Crippen molar-refractivity contribution in [3.63, 3.8) is 0 Å². The molecule has 1 aliphatic rings. The number of hydrogen-bond donors (Lipinski definition) is 1. The van der Waals surface area contributed by atoms with Gasteiger partial charge in [-0.25, -0.2) is 9.97 Å². The zero-order valence-electron chi connectivity index (χ0n) is 13.7. The third-order valence-electron chi connectivity index (χ3n) is 4.68. The van der Waals surface area contributed by atoms with Crippen LogP contribution in [0.3, 0.4) is 0 Å². The van der Waals surface area contributed by atoms with E-state index in [-0.39, 0.29) is 23.5 Å². The van der Waals surface area contributed by atoms with Gasteiger partial charge in [0.25, 0.3) is 0 Å². The Morgan fingerprint density at radius 1 is 1.17 bits per heavy atom. The average Bonchev–Trinajstić information content (AvgIpc) is 2.93.